The van der Waals surface area contributed by atoms with Gasteiger partial charge < -0.3 is 9.47 Å². The van der Waals surface area contributed by atoms with Gasteiger partial charge in [0.25, 0.3) is 10.0 Å². The topological polar surface area (TPSA) is 77.5 Å². The first-order valence-corrected chi connectivity index (χ1v) is 9.43. The molecule has 0 unspecified atom stereocenters. The van der Waals surface area contributed by atoms with Gasteiger partial charge in [0.2, 0.25) is 5.88 Å². The van der Waals surface area contributed by atoms with Crippen LogP contribution in [0.2, 0.25) is 0 Å². The van der Waals surface area contributed by atoms with Crippen LogP contribution in [0.25, 0.3) is 0 Å². The number of aromatic nitrogens is 1. The standard InChI is InChI=1S/C19H17FN2O4S/c1-13-12-16(9-10-17(13)20)27(23,24)22-18-4-3-11-21-19(18)26-15-7-5-14(25-2)6-8-15/h3-12,22H,1-2H3. The summed E-state index contributed by atoms with van der Waals surface area (Å²) in [6.45, 7) is 1.50. The Balaban J connectivity index is 1.87. The molecule has 2 aromatic carbocycles. The van der Waals surface area contributed by atoms with Crippen molar-refractivity contribution < 1.29 is 22.3 Å². The fourth-order valence-electron chi connectivity index (χ4n) is 2.29. The third kappa shape index (κ3) is 4.35. The lowest BCUT2D eigenvalue weighted by Gasteiger charge is -2.13. The molecule has 3 aromatic rings. The van der Waals surface area contributed by atoms with Crippen LogP contribution in [-0.2, 0) is 10.0 Å². The van der Waals surface area contributed by atoms with E-state index in [4.69, 9.17) is 9.47 Å². The van der Waals surface area contributed by atoms with Crippen molar-refractivity contribution in [2.45, 2.75) is 11.8 Å². The summed E-state index contributed by atoms with van der Waals surface area (Å²) in [6.07, 6.45) is 1.48. The maximum Gasteiger partial charge on any atom is 0.262 e. The average molecular weight is 388 g/mol. The average Bonchev–Trinajstić information content (AvgIpc) is 2.66. The highest BCUT2D eigenvalue weighted by atomic mass is 32.2. The molecule has 6 nitrogen and oxygen atoms in total. The molecule has 0 radical (unpaired) electrons. The van der Waals surface area contributed by atoms with Crippen LogP contribution in [0.4, 0.5) is 10.1 Å². The number of aryl methyl sites for hydroxylation is 1. The van der Waals surface area contributed by atoms with E-state index in [0.717, 1.165) is 6.07 Å². The van der Waals surface area contributed by atoms with Crippen molar-refractivity contribution in [2.75, 3.05) is 11.8 Å². The second kappa shape index (κ2) is 7.63. The number of ether oxygens (including phenoxy) is 2. The molecule has 0 spiro atoms. The van der Waals surface area contributed by atoms with Crippen molar-refractivity contribution >= 4 is 15.7 Å². The molecular weight excluding hydrogens is 371 g/mol. The molecule has 0 aliphatic heterocycles. The second-order valence-corrected chi connectivity index (χ2v) is 7.33. The Morgan fingerprint density at radius 3 is 2.41 bits per heavy atom. The molecule has 0 saturated heterocycles. The molecule has 140 valence electrons. The number of sulfonamides is 1. The van der Waals surface area contributed by atoms with E-state index in [-0.39, 0.29) is 22.0 Å². The Hall–Kier alpha value is -3.13. The van der Waals surface area contributed by atoms with Crippen molar-refractivity contribution in [2.24, 2.45) is 0 Å². The summed E-state index contributed by atoms with van der Waals surface area (Å²) in [5, 5.41) is 0. The molecule has 1 N–H and O–H groups in total. The largest absolute Gasteiger partial charge is 0.497 e. The first kappa shape index (κ1) is 18.7. The van der Waals surface area contributed by atoms with Crippen LogP contribution in [0.5, 0.6) is 17.4 Å². The van der Waals surface area contributed by atoms with Gasteiger partial charge in [-0.3, -0.25) is 4.72 Å². The molecule has 0 bridgehead atoms. The number of nitrogens with zero attached hydrogens (tertiary/aromatic N) is 1. The maximum absolute atomic E-state index is 13.4. The van der Waals surface area contributed by atoms with Gasteiger partial charge >= 0.3 is 0 Å². The Morgan fingerprint density at radius 1 is 1.04 bits per heavy atom. The fraction of sp³-hybridized carbons (Fsp3) is 0.105. The number of halogens is 1. The van der Waals surface area contributed by atoms with Gasteiger partial charge in [-0.05, 0) is 67.1 Å². The smallest absolute Gasteiger partial charge is 0.262 e. The minimum atomic E-state index is -3.93. The fourth-order valence-corrected chi connectivity index (χ4v) is 3.44. The highest BCUT2D eigenvalue weighted by Gasteiger charge is 2.18. The van der Waals surface area contributed by atoms with Gasteiger partial charge in [0, 0.05) is 6.20 Å². The van der Waals surface area contributed by atoms with Gasteiger partial charge in [0.05, 0.1) is 12.0 Å². The van der Waals surface area contributed by atoms with Crippen LogP contribution in [0.1, 0.15) is 5.56 Å². The van der Waals surface area contributed by atoms with Crippen molar-refractivity contribution in [3.63, 3.8) is 0 Å². The van der Waals surface area contributed by atoms with Gasteiger partial charge in [-0.15, -0.1) is 0 Å². The van der Waals surface area contributed by atoms with E-state index in [0.29, 0.717) is 11.5 Å². The van der Waals surface area contributed by atoms with E-state index in [1.165, 1.54) is 31.3 Å². The number of benzene rings is 2. The van der Waals surface area contributed by atoms with E-state index >= 15 is 0 Å². The Bertz CT molecular complexity index is 1050. The molecule has 8 heteroatoms. The summed E-state index contributed by atoms with van der Waals surface area (Å²) in [5.41, 5.74) is 0.397. The normalized spacial score (nSPS) is 11.1. The summed E-state index contributed by atoms with van der Waals surface area (Å²) in [5.74, 6) is 0.743. The zero-order valence-corrected chi connectivity index (χ0v) is 15.5. The van der Waals surface area contributed by atoms with E-state index in [1.807, 2.05) is 0 Å². The SMILES string of the molecule is COc1ccc(Oc2ncccc2NS(=O)(=O)c2ccc(F)c(C)c2)cc1. The van der Waals surface area contributed by atoms with Gasteiger partial charge in [0.1, 0.15) is 23.0 Å². The quantitative estimate of drug-likeness (QED) is 0.687. The van der Waals surface area contributed by atoms with Crippen molar-refractivity contribution in [3.05, 3.63) is 72.2 Å². The number of pyridine rings is 1. The van der Waals surface area contributed by atoms with Crippen molar-refractivity contribution in [1.29, 1.82) is 0 Å². The van der Waals surface area contributed by atoms with Crippen molar-refractivity contribution in [1.82, 2.24) is 4.98 Å². The van der Waals surface area contributed by atoms with Gasteiger partial charge in [-0.2, -0.15) is 0 Å². The minimum absolute atomic E-state index is 0.0550. The van der Waals surface area contributed by atoms with Gasteiger partial charge in [-0.25, -0.2) is 17.8 Å². The molecule has 3 rings (SSSR count). The molecule has 0 aliphatic rings. The first-order valence-electron chi connectivity index (χ1n) is 7.95. The van der Waals surface area contributed by atoms with E-state index < -0.39 is 15.8 Å². The number of nitrogens with one attached hydrogen (secondary N) is 1. The first-order chi connectivity index (χ1) is 12.9. The zero-order valence-electron chi connectivity index (χ0n) is 14.6. The summed E-state index contributed by atoms with van der Waals surface area (Å²) in [4.78, 5) is 4.03. The molecule has 0 atom stereocenters. The highest BCUT2D eigenvalue weighted by molar-refractivity contribution is 7.92. The number of anilines is 1. The van der Waals surface area contributed by atoms with E-state index in [2.05, 4.69) is 9.71 Å². The van der Waals surface area contributed by atoms with Crippen molar-refractivity contribution in [3.8, 4) is 17.4 Å². The molecule has 27 heavy (non-hydrogen) atoms. The molecule has 1 aromatic heterocycles. The highest BCUT2D eigenvalue weighted by Crippen LogP contribution is 2.30. The molecule has 0 fully saturated rings. The number of rotatable bonds is 6. The van der Waals surface area contributed by atoms with Crippen LogP contribution in [0.15, 0.2) is 65.7 Å². The second-order valence-electron chi connectivity index (χ2n) is 5.65. The predicted octanol–water partition coefficient (Wildman–Crippen LogP) is 4.13. The zero-order chi connectivity index (χ0) is 19.4. The molecule has 0 amide bonds. The lowest BCUT2D eigenvalue weighted by Crippen LogP contribution is -2.14. The van der Waals surface area contributed by atoms with Crippen LogP contribution in [0, 0.1) is 12.7 Å². The molecular formula is C19H17FN2O4S. The lowest BCUT2D eigenvalue weighted by molar-refractivity contribution is 0.412. The molecule has 1 heterocycles. The summed E-state index contributed by atoms with van der Waals surface area (Å²) >= 11 is 0. The number of methoxy groups -OCH3 is 1. The lowest BCUT2D eigenvalue weighted by atomic mass is 10.2. The minimum Gasteiger partial charge on any atom is -0.497 e. The monoisotopic (exact) mass is 388 g/mol. The Kier molecular flexibility index (Phi) is 5.27. The molecule has 0 saturated carbocycles. The summed E-state index contributed by atoms with van der Waals surface area (Å²) in [7, 11) is -2.38. The van der Waals surface area contributed by atoms with Gasteiger partial charge in [-0.1, -0.05) is 0 Å². The van der Waals surface area contributed by atoms with Crippen LogP contribution in [0.3, 0.4) is 0 Å². The Labute approximate surface area is 156 Å². The predicted molar refractivity (Wildman–Crippen MR) is 99.3 cm³/mol. The summed E-state index contributed by atoms with van der Waals surface area (Å²) < 4.78 is 51.9. The number of hydrogen-bond donors (Lipinski definition) is 1. The molecule has 0 aliphatic carbocycles. The third-order valence-electron chi connectivity index (χ3n) is 3.73. The maximum atomic E-state index is 13.4. The Morgan fingerprint density at radius 2 is 1.74 bits per heavy atom. The number of hydrogen-bond acceptors (Lipinski definition) is 5. The summed E-state index contributed by atoms with van der Waals surface area (Å²) in [6, 6.07) is 13.5. The van der Waals surface area contributed by atoms with Crippen LogP contribution < -0.4 is 14.2 Å². The van der Waals surface area contributed by atoms with E-state index in [9.17, 15) is 12.8 Å². The van der Waals surface area contributed by atoms with E-state index in [1.54, 1.807) is 37.4 Å². The third-order valence-corrected chi connectivity index (χ3v) is 5.09. The van der Waals surface area contributed by atoms with Gasteiger partial charge in [0.15, 0.2) is 0 Å². The van der Waals surface area contributed by atoms with Crippen LogP contribution >= 0.6 is 0 Å². The van der Waals surface area contributed by atoms with Crippen LogP contribution in [-0.4, -0.2) is 20.5 Å².